The molecule has 3 heterocycles. The molecule has 2 aromatic heterocycles. The third-order valence-electron chi connectivity index (χ3n) is 5.16. The molecule has 1 aromatic carbocycles. The van der Waals surface area contributed by atoms with Gasteiger partial charge in [0.05, 0.1) is 17.9 Å². The van der Waals surface area contributed by atoms with Crippen molar-refractivity contribution < 1.29 is 13.9 Å². The minimum absolute atomic E-state index is 0.224. The Labute approximate surface area is 174 Å². The maximum absolute atomic E-state index is 11.5. The first-order valence-corrected chi connectivity index (χ1v) is 10.00. The molecule has 1 aliphatic heterocycles. The van der Waals surface area contributed by atoms with E-state index in [-0.39, 0.29) is 11.7 Å². The minimum atomic E-state index is -0.575. The summed E-state index contributed by atoms with van der Waals surface area (Å²) in [5.74, 6) is 0.512. The number of aromatic nitrogens is 2. The lowest BCUT2D eigenvalue weighted by Gasteiger charge is -2.34. The van der Waals surface area contributed by atoms with Gasteiger partial charge in [-0.1, -0.05) is 36.4 Å². The Morgan fingerprint density at radius 1 is 1.07 bits per heavy atom. The van der Waals surface area contributed by atoms with Crippen molar-refractivity contribution in [1.29, 1.82) is 0 Å². The molecule has 0 aliphatic carbocycles. The van der Waals surface area contributed by atoms with Crippen LogP contribution >= 0.6 is 0 Å². The molecule has 0 fully saturated rings. The molecule has 0 saturated carbocycles. The Morgan fingerprint density at radius 2 is 1.90 bits per heavy atom. The summed E-state index contributed by atoms with van der Waals surface area (Å²) in [4.78, 5) is 20.2. The second-order valence-electron chi connectivity index (χ2n) is 7.69. The van der Waals surface area contributed by atoms with E-state index in [0.29, 0.717) is 17.9 Å². The zero-order chi connectivity index (χ0) is 21.0. The van der Waals surface area contributed by atoms with E-state index >= 15 is 0 Å². The molecule has 0 radical (unpaired) electrons. The normalized spacial score (nSPS) is 20.7. The number of benzene rings is 1. The monoisotopic (exact) mass is 404 g/mol. The molecule has 0 bridgehead atoms. The van der Waals surface area contributed by atoms with Gasteiger partial charge in [-0.2, -0.15) is 0 Å². The van der Waals surface area contributed by atoms with Crippen molar-refractivity contribution in [3.63, 3.8) is 0 Å². The summed E-state index contributed by atoms with van der Waals surface area (Å²) >= 11 is 0. The highest BCUT2D eigenvalue weighted by atomic mass is 16.6. The molecule has 1 atom stereocenters. The van der Waals surface area contributed by atoms with Gasteiger partial charge >= 0.3 is 5.63 Å². The van der Waals surface area contributed by atoms with Gasteiger partial charge in [0.15, 0.2) is 0 Å². The molecule has 0 N–H and O–H groups in total. The second-order valence-corrected chi connectivity index (χ2v) is 7.69. The van der Waals surface area contributed by atoms with Gasteiger partial charge in [-0.05, 0) is 38.8 Å². The van der Waals surface area contributed by atoms with E-state index in [1.165, 1.54) is 12.4 Å². The van der Waals surface area contributed by atoms with Crippen molar-refractivity contribution in [3.05, 3.63) is 75.9 Å². The van der Waals surface area contributed by atoms with Crippen molar-refractivity contribution in [2.45, 2.75) is 38.4 Å². The molecule has 6 heteroatoms. The van der Waals surface area contributed by atoms with E-state index in [1.54, 1.807) is 12.1 Å². The lowest BCUT2D eigenvalue weighted by molar-refractivity contribution is -0.0806. The van der Waals surface area contributed by atoms with Gasteiger partial charge in [-0.25, -0.2) is 14.8 Å². The number of hydrogen-bond donors (Lipinski definition) is 0. The van der Waals surface area contributed by atoms with E-state index in [0.717, 1.165) is 29.3 Å². The summed E-state index contributed by atoms with van der Waals surface area (Å²) in [5.41, 5.74) is 1.42. The first kappa shape index (κ1) is 20.0. The van der Waals surface area contributed by atoms with Crippen LogP contribution in [0.1, 0.15) is 26.7 Å². The molecule has 4 rings (SSSR count). The SMILES string of the molecule is CC1(C)OC/C=c2/oc(=O)cc/c2=C/CC[C@@H]1Oc1cc(-c2ccccc2)ncn1. The van der Waals surface area contributed by atoms with E-state index in [2.05, 4.69) is 16.0 Å². The molecule has 0 unspecified atom stereocenters. The molecule has 0 spiro atoms. The third kappa shape index (κ3) is 4.66. The summed E-state index contributed by atoms with van der Waals surface area (Å²) < 4.78 is 17.7. The Morgan fingerprint density at radius 3 is 2.73 bits per heavy atom. The van der Waals surface area contributed by atoms with Crippen molar-refractivity contribution in [3.8, 4) is 17.1 Å². The van der Waals surface area contributed by atoms with Gasteiger partial charge < -0.3 is 13.9 Å². The first-order valence-electron chi connectivity index (χ1n) is 10.00. The highest BCUT2D eigenvalue weighted by Crippen LogP contribution is 2.26. The molecule has 154 valence electrons. The van der Waals surface area contributed by atoms with Crippen LogP contribution in [-0.2, 0) is 4.74 Å². The van der Waals surface area contributed by atoms with Crippen LogP contribution in [0.15, 0.2) is 64.1 Å². The topological polar surface area (TPSA) is 74.5 Å². The number of rotatable bonds is 3. The van der Waals surface area contributed by atoms with E-state index in [1.807, 2.05) is 50.2 Å². The average Bonchev–Trinajstić information content (AvgIpc) is 2.75. The van der Waals surface area contributed by atoms with Crippen molar-refractivity contribution in [1.82, 2.24) is 9.97 Å². The highest BCUT2D eigenvalue weighted by Gasteiger charge is 2.32. The summed E-state index contributed by atoms with van der Waals surface area (Å²) in [7, 11) is 0. The van der Waals surface area contributed by atoms with Gasteiger partial charge in [0, 0.05) is 22.9 Å². The zero-order valence-electron chi connectivity index (χ0n) is 17.1. The summed E-state index contributed by atoms with van der Waals surface area (Å²) in [6.45, 7) is 4.29. The lowest BCUT2D eigenvalue weighted by atomic mass is 9.96. The van der Waals surface area contributed by atoms with Gasteiger partial charge in [0.2, 0.25) is 5.88 Å². The molecule has 30 heavy (non-hydrogen) atoms. The van der Waals surface area contributed by atoms with Crippen LogP contribution in [0, 0.1) is 0 Å². The van der Waals surface area contributed by atoms with Crippen LogP contribution in [0.4, 0.5) is 0 Å². The fourth-order valence-corrected chi connectivity index (χ4v) is 3.45. The second kappa shape index (κ2) is 8.63. The molecule has 6 nitrogen and oxygen atoms in total. The van der Waals surface area contributed by atoms with Gasteiger partial charge in [-0.3, -0.25) is 0 Å². The number of ether oxygens (including phenoxy) is 2. The summed E-state index contributed by atoms with van der Waals surface area (Å²) in [6, 6.07) is 15.0. The lowest BCUT2D eigenvalue weighted by Crippen LogP contribution is -2.44. The molecular formula is C24H24N2O4. The average molecular weight is 404 g/mol. The molecule has 0 saturated heterocycles. The Kier molecular flexibility index (Phi) is 5.77. The van der Waals surface area contributed by atoms with Crippen LogP contribution in [-0.4, -0.2) is 28.3 Å². The van der Waals surface area contributed by atoms with Crippen LogP contribution in [0.3, 0.4) is 0 Å². The largest absolute Gasteiger partial charge is 0.471 e. The zero-order valence-corrected chi connectivity index (χ0v) is 17.1. The molecule has 3 aromatic rings. The van der Waals surface area contributed by atoms with Crippen molar-refractivity contribution in [2.24, 2.45) is 0 Å². The standard InChI is InChI=1S/C24H24N2O4/c1-24(2)21(10-6-9-18-11-12-23(27)29-20(18)13-14-28-24)30-22-15-19(25-16-26-22)17-7-4-3-5-8-17/h3-5,7-9,11-13,15-16,21H,6,10,14H2,1-2H3/b18-9-,20-13+/t21-/m0/s1. The highest BCUT2D eigenvalue weighted by molar-refractivity contribution is 5.59. The number of hydrogen-bond acceptors (Lipinski definition) is 6. The Hall–Kier alpha value is -3.25. The van der Waals surface area contributed by atoms with Crippen LogP contribution < -0.4 is 21.0 Å². The summed E-state index contributed by atoms with van der Waals surface area (Å²) in [6.07, 6.45) is 6.60. The van der Waals surface area contributed by atoms with E-state index < -0.39 is 5.60 Å². The fraction of sp³-hybridized carbons (Fsp3) is 0.292. The predicted octanol–water partition coefficient (Wildman–Crippen LogP) is 2.69. The summed E-state index contributed by atoms with van der Waals surface area (Å²) in [5, 5.41) is 0.880. The smallest absolute Gasteiger partial charge is 0.336 e. The predicted molar refractivity (Wildman–Crippen MR) is 114 cm³/mol. The van der Waals surface area contributed by atoms with E-state index in [9.17, 15) is 4.79 Å². The van der Waals surface area contributed by atoms with Gasteiger partial charge in [0.25, 0.3) is 0 Å². The molecular weight excluding hydrogens is 380 g/mol. The Bertz CT molecular complexity index is 1190. The fourth-order valence-electron chi connectivity index (χ4n) is 3.45. The van der Waals surface area contributed by atoms with Crippen LogP contribution in [0.5, 0.6) is 5.88 Å². The maximum atomic E-state index is 11.5. The van der Waals surface area contributed by atoms with Gasteiger partial charge in [-0.15, -0.1) is 0 Å². The van der Waals surface area contributed by atoms with Crippen molar-refractivity contribution >= 4 is 12.2 Å². The maximum Gasteiger partial charge on any atom is 0.336 e. The van der Waals surface area contributed by atoms with Crippen LogP contribution in [0.25, 0.3) is 23.4 Å². The first-order chi connectivity index (χ1) is 14.5. The number of nitrogens with zero attached hydrogens (tertiary/aromatic N) is 2. The molecule has 0 amide bonds. The molecule has 1 aliphatic rings. The van der Waals surface area contributed by atoms with E-state index in [4.69, 9.17) is 13.9 Å². The quantitative estimate of drug-likeness (QED) is 0.668. The van der Waals surface area contributed by atoms with Gasteiger partial charge in [0.1, 0.15) is 17.8 Å². The third-order valence-corrected chi connectivity index (χ3v) is 5.16. The minimum Gasteiger partial charge on any atom is -0.471 e. The number of fused-ring (bicyclic) bond motifs is 1. The van der Waals surface area contributed by atoms with Crippen molar-refractivity contribution in [2.75, 3.05) is 6.61 Å². The Balaban J connectivity index is 1.59. The van der Waals surface area contributed by atoms with Crippen LogP contribution in [0.2, 0.25) is 0 Å².